The second-order valence-corrected chi connectivity index (χ2v) is 6.55. The van der Waals surface area contributed by atoms with E-state index >= 15 is 0 Å². The predicted octanol–water partition coefficient (Wildman–Crippen LogP) is 2.72. The zero-order chi connectivity index (χ0) is 20.4. The van der Waals surface area contributed by atoms with E-state index in [4.69, 9.17) is 4.74 Å². The van der Waals surface area contributed by atoms with Crippen LogP contribution in [-0.2, 0) is 6.54 Å². The molecule has 0 bridgehead atoms. The van der Waals surface area contributed by atoms with Crippen LogP contribution in [0.1, 0.15) is 11.3 Å². The van der Waals surface area contributed by atoms with Gasteiger partial charge in [0.1, 0.15) is 18.4 Å². The maximum atomic E-state index is 13.6. The average Bonchev–Trinajstić information content (AvgIpc) is 3.24. The van der Waals surface area contributed by atoms with Crippen molar-refractivity contribution in [3.05, 3.63) is 76.1 Å². The minimum absolute atomic E-state index is 0.00166. The molecule has 29 heavy (non-hydrogen) atoms. The van der Waals surface area contributed by atoms with E-state index in [1.54, 1.807) is 18.4 Å². The number of para-hydroxylation sites is 2. The van der Waals surface area contributed by atoms with Crippen LogP contribution in [-0.4, -0.2) is 38.7 Å². The molecule has 2 aromatic carbocycles. The lowest BCUT2D eigenvalue weighted by molar-refractivity contribution is 0.0876. The molecule has 4 rings (SSSR count). The van der Waals surface area contributed by atoms with Crippen molar-refractivity contribution in [2.75, 3.05) is 6.61 Å². The highest BCUT2D eigenvalue weighted by atomic mass is 19.1. The number of H-pyrrole nitrogens is 1. The molecule has 8 heteroatoms. The number of aliphatic imine (C=N–C) groups is 1. The van der Waals surface area contributed by atoms with Crippen LogP contribution in [0, 0.1) is 5.82 Å². The van der Waals surface area contributed by atoms with Gasteiger partial charge in [0.2, 0.25) is 5.88 Å². The van der Waals surface area contributed by atoms with Crippen LogP contribution in [0.5, 0.6) is 11.6 Å². The van der Waals surface area contributed by atoms with Crippen LogP contribution in [0.15, 0.2) is 58.3 Å². The lowest BCUT2D eigenvalue weighted by Gasteiger charge is -2.13. The lowest BCUT2D eigenvalue weighted by Crippen LogP contribution is -2.28. The third-order valence-corrected chi connectivity index (χ3v) is 4.50. The van der Waals surface area contributed by atoms with Gasteiger partial charge in [-0.1, -0.05) is 30.3 Å². The number of halogens is 1. The summed E-state index contributed by atoms with van der Waals surface area (Å²) in [7, 11) is 0. The summed E-state index contributed by atoms with van der Waals surface area (Å²) in [6.45, 7) is -0.460. The Morgan fingerprint density at radius 2 is 1.97 bits per heavy atom. The molecule has 7 nitrogen and oxygen atoms in total. The van der Waals surface area contributed by atoms with Gasteiger partial charge in [0, 0.05) is 17.4 Å². The lowest BCUT2D eigenvalue weighted by atomic mass is 10.1. The number of nitrogens with one attached hydrogen (secondary N) is 1. The molecular formula is C21H18FN3O4. The number of imidazole rings is 1. The zero-order valence-corrected chi connectivity index (χ0v) is 15.2. The van der Waals surface area contributed by atoms with Gasteiger partial charge in [0.15, 0.2) is 11.6 Å². The zero-order valence-electron chi connectivity index (χ0n) is 15.2. The van der Waals surface area contributed by atoms with Gasteiger partial charge in [-0.25, -0.2) is 9.18 Å². The summed E-state index contributed by atoms with van der Waals surface area (Å²) in [6.07, 6.45) is 2.13. The minimum atomic E-state index is -1.14. The number of aliphatic hydroxyl groups is 1. The Hall–Kier alpha value is -3.65. The molecule has 1 atom stereocenters. The highest BCUT2D eigenvalue weighted by molar-refractivity contribution is 6.21. The Morgan fingerprint density at radius 3 is 2.79 bits per heavy atom. The molecular weight excluding hydrogens is 377 g/mol. The fraction of sp³-hybridized carbons (Fsp3) is 0.143. The molecule has 2 heterocycles. The van der Waals surface area contributed by atoms with Gasteiger partial charge < -0.3 is 19.9 Å². The first-order valence-corrected chi connectivity index (χ1v) is 8.95. The van der Waals surface area contributed by atoms with E-state index in [0.29, 0.717) is 0 Å². The maximum absolute atomic E-state index is 13.6. The first-order chi connectivity index (χ1) is 14.0. The number of nitrogens with zero attached hydrogens (tertiary/aromatic N) is 2. The number of aliphatic hydroxyl groups excluding tert-OH is 1. The van der Waals surface area contributed by atoms with Crippen molar-refractivity contribution in [1.82, 2.24) is 9.55 Å². The predicted molar refractivity (Wildman–Crippen MR) is 107 cm³/mol. The van der Waals surface area contributed by atoms with E-state index in [-0.39, 0.29) is 30.5 Å². The summed E-state index contributed by atoms with van der Waals surface area (Å²) < 4.78 is 19.8. The molecule has 0 saturated carbocycles. The van der Waals surface area contributed by atoms with Crippen molar-refractivity contribution in [3.8, 4) is 11.6 Å². The molecule has 3 N–H and O–H groups in total. The molecule has 0 amide bonds. The Balaban J connectivity index is 1.49. The second kappa shape index (κ2) is 7.76. The van der Waals surface area contributed by atoms with E-state index < -0.39 is 17.6 Å². The van der Waals surface area contributed by atoms with Gasteiger partial charge in [0.25, 0.3) is 0 Å². The summed E-state index contributed by atoms with van der Waals surface area (Å²) in [4.78, 5) is 19.1. The van der Waals surface area contributed by atoms with E-state index in [1.165, 1.54) is 18.2 Å². The molecule has 1 aliphatic rings. The number of rotatable bonds is 6. The molecule has 0 spiro atoms. The molecule has 0 radical (unpaired) electrons. The summed E-state index contributed by atoms with van der Waals surface area (Å²) in [5.74, 6) is -0.860. The summed E-state index contributed by atoms with van der Waals surface area (Å²) in [5.41, 5.74) is 2.06. The maximum Gasteiger partial charge on any atom is 0.328 e. The summed E-state index contributed by atoms with van der Waals surface area (Å²) in [6, 6.07) is 13.3. The number of hydrogen-bond acceptors (Lipinski definition) is 5. The Labute approximate surface area is 165 Å². The first-order valence-electron chi connectivity index (χ1n) is 8.95. The molecule has 3 aromatic rings. The van der Waals surface area contributed by atoms with Crippen LogP contribution < -0.4 is 10.4 Å². The van der Waals surface area contributed by atoms with Gasteiger partial charge in [-0.15, -0.1) is 0 Å². The molecule has 1 unspecified atom stereocenters. The average molecular weight is 395 g/mol. The van der Waals surface area contributed by atoms with E-state index in [1.807, 2.05) is 24.3 Å². The number of allylic oxidation sites excluding steroid dienone is 1. The highest BCUT2D eigenvalue weighted by Gasteiger charge is 2.18. The third kappa shape index (κ3) is 3.83. The first kappa shape index (κ1) is 18.7. The Bertz CT molecular complexity index is 1160. The number of fused-ring (bicyclic) bond motifs is 1. The normalized spacial score (nSPS) is 14.9. The Kier molecular flexibility index (Phi) is 5.01. The standard InChI is InChI=1S/C21H18FN3O4/c22-16-6-2-4-8-19(16)29-12-14(26)11-25-20(27)18(24-21(25)28)9-13-10-23-17-7-3-1-5-15(13)17/h1-10,14,26-27H,11-12H2,(H,24,28)/b13-9+. The topological polar surface area (TPSA) is 99.8 Å². The number of hydrogen-bond donors (Lipinski definition) is 3. The van der Waals surface area contributed by atoms with Gasteiger partial charge >= 0.3 is 5.69 Å². The number of ether oxygens (including phenoxy) is 1. The van der Waals surface area contributed by atoms with Gasteiger partial charge in [-0.05, 0) is 24.3 Å². The third-order valence-electron chi connectivity index (χ3n) is 4.50. The smallest absolute Gasteiger partial charge is 0.328 e. The monoisotopic (exact) mass is 395 g/mol. The molecule has 1 aliphatic heterocycles. The fourth-order valence-corrected chi connectivity index (χ4v) is 3.07. The summed E-state index contributed by atoms with van der Waals surface area (Å²) >= 11 is 0. The molecule has 148 valence electrons. The Morgan fingerprint density at radius 1 is 1.21 bits per heavy atom. The molecule has 0 saturated heterocycles. The fourth-order valence-electron chi connectivity index (χ4n) is 3.07. The number of benzene rings is 2. The van der Waals surface area contributed by atoms with Crippen LogP contribution in [0.2, 0.25) is 0 Å². The molecule has 0 aliphatic carbocycles. The van der Waals surface area contributed by atoms with Crippen molar-refractivity contribution >= 4 is 23.6 Å². The van der Waals surface area contributed by atoms with Crippen molar-refractivity contribution in [2.24, 2.45) is 4.99 Å². The number of aromatic hydroxyl groups is 1. The van der Waals surface area contributed by atoms with Gasteiger partial charge in [-0.3, -0.25) is 9.56 Å². The second-order valence-electron chi connectivity index (χ2n) is 6.55. The molecule has 1 aromatic heterocycles. The largest absolute Gasteiger partial charge is 0.493 e. The van der Waals surface area contributed by atoms with Crippen LogP contribution >= 0.6 is 0 Å². The SMILES string of the molecule is O=c1[nH]c(/C=C2\C=Nc3ccccc32)c(O)n1CC(O)COc1ccccc1F. The summed E-state index contributed by atoms with van der Waals surface area (Å²) in [5, 5.41) is 20.6. The quantitative estimate of drug-likeness (QED) is 0.598. The van der Waals surface area contributed by atoms with Crippen molar-refractivity contribution in [2.45, 2.75) is 12.6 Å². The van der Waals surface area contributed by atoms with E-state index in [2.05, 4.69) is 9.98 Å². The van der Waals surface area contributed by atoms with Gasteiger partial charge in [-0.2, -0.15) is 0 Å². The van der Waals surface area contributed by atoms with Crippen molar-refractivity contribution in [3.63, 3.8) is 0 Å². The number of aromatic amines is 1. The van der Waals surface area contributed by atoms with Crippen LogP contribution in [0.25, 0.3) is 11.6 Å². The van der Waals surface area contributed by atoms with Gasteiger partial charge in [0.05, 0.1) is 12.2 Å². The molecule has 0 fully saturated rings. The van der Waals surface area contributed by atoms with Crippen LogP contribution in [0.4, 0.5) is 10.1 Å². The van der Waals surface area contributed by atoms with E-state index in [0.717, 1.165) is 21.4 Å². The van der Waals surface area contributed by atoms with Crippen LogP contribution in [0.3, 0.4) is 0 Å². The van der Waals surface area contributed by atoms with Crippen molar-refractivity contribution < 1.29 is 19.3 Å². The minimum Gasteiger partial charge on any atom is -0.493 e. The number of aromatic nitrogens is 2. The van der Waals surface area contributed by atoms with Crippen molar-refractivity contribution in [1.29, 1.82) is 0 Å². The highest BCUT2D eigenvalue weighted by Crippen LogP contribution is 2.32. The van der Waals surface area contributed by atoms with E-state index in [9.17, 15) is 19.4 Å².